The number of ether oxygens (including phenoxy) is 2. The van der Waals surface area contributed by atoms with E-state index < -0.39 is 12.1 Å². The lowest BCUT2D eigenvalue weighted by Crippen LogP contribution is -2.30. The Bertz CT molecular complexity index is 924. The van der Waals surface area contributed by atoms with Crippen molar-refractivity contribution in [3.63, 3.8) is 0 Å². The maximum Gasteiger partial charge on any atom is 0.311 e. The van der Waals surface area contributed by atoms with Crippen LogP contribution in [-0.4, -0.2) is 18.0 Å². The van der Waals surface area contributed by atoms with E-state index in [-0.39, 0.29) is 12.3 Å². The fourth-order valence-corrected chi connectivity index (χ4v) is 2.67. The van der Waals surface area contributed by atoms with E-state index in [0.717, 1.165) is 11.1 Å². The van der Waals surface area contributed by atoms with Crippen molar-refractivity contribution in [1.29, 1.82) is 0 Å². The van der Waals surface area contributed by atoms with Crippen molar-refractivity contribution in [3.8, 4) is 5.75 Å². The van der Waals surface area contributed by atoms with E-state index in [4.69, 9.17) is 9.47 Å². The standard InChI is InChI=1S/C24H23NO4/c1-18(29-23(26)16-19-8-4-2-5-9-19)24(27)25-21-12-14-22(15-13-21)28-17-20-10-6-3-7-11-20/h2-15,18H,16-17H2,1H3,(H,25,27)/t18-/m1/s1. The van der Waals surface area contributed by atoms with Crippen LogP contribution in [0.5, 0.6) is 5.75 Å². The summed E-state index contributed by atoms with van der Waals surface area (Å²) in [6.45, 7) is 2.02. The van der Waals surface area contributed by atoms with Crippen LogP contribution in [-0.2, 0) is 27.4 Å². The number of benzene rings is 3. The number of carbonyl (C=O) groups is 2. The van der Waals surface area contributed by atoms with Gasteiger partial charge in [-0.25, -0.2) is 0 Å². The highest BCUT2D eigenvalue weighted by Crippen LogP contribution is 2.17. The molecule has 0 aliphatic carbocycles. The fourth-order valence-electron chi connectivity index (χ4n) is 2.67. The summed E-state index contributed by atoms with van der Waals surface area (Å²) in [6, 6.07) is 26.2. The number of carbonyl (C=O) groups excluding carboxylic acids is 2. The van der Waals surface area contributed by atoms with Gasteiger partial charge in [-0.3, -0.25) is 9.59 Å². The Morgan fingerprint density at radius 2 is 1.41 bits per heavy atom. The van der Waals surface area contributed by atoms with Gasteiger partial charge in [-0.15, -0.1) is 0 Å². The van der Waals surface area contributed by atoms with Crippen molar-refractivity contribution in [1.82, 2.24) is 0 Å². The van der Waals surface area contributed by atoms with Crippen LogP contribution in [0.2, 0.25) is 0 Å². The first-order chi connectivity index (χ1) is 14.1. The molecule has 3 aromatic rings. The summed E-state index contributed by atoms with van der Waals surface area (Å²) in [5.74, 6) is -0.123. The normalized spacial score (nSPS) is 11.3. The highest BCUT2D eigenvalue weighted by atomic mass is 16.5. The third kappa shape index (κ3) is 6.50. The number of anilines is 1. The van der Waals surface area contributed by atoms with Crippen LogP contribution in [0.4, 0.5) is 5.69 Å². The lowest BCUT2D eigenvalue weighted by Gasteiger charge is -2.14. The average molecular weight is 389 g/mol. The van der Waals surface area contributed by atoms with Crippen LogP contribution < -0.4 is 10.1 Å². The number of hydrogen-bond donors (Lipinski definition) is 1. The predicted molar refractivity (Wildman–Crippen MR) is 112 cm³/mol. The predicted octanol–water partition coefficient (Wildman–Crippen LogP) is 4.38. The minimum absolute atomic E-state index is 0.131. The quantitative estimate of drug-likeness (QED) is 0.581. The Morgan fingerprint density at radius 1 is 0.828 bits per heavy atom. The first-order valence-electron chi connectivity index (χ1n) is 9.41. The van der Waals surface area contributed by atoms with Gasteiger partial charge < -0.3 is 14.8 Å². The maximum absolute atomic E-state index is 12.3. The minimum atomic E-state index is -0.889. The molecule has 0 bridgehead atoms. The van der Waals surface area contributed by atoms with Gasteiger partial charge in [0.25, 0.3) is 5.91 Å². The smallest absolute Gasteiger partial charge is 0.311 e. The van der Waals surface area contributed by atoms with Crippen molar-refractivity contribution >= 4 is 17.6 Å². The minimum Gasteiger partial charge on any atom is -0.489 e. The summed E-state index contributed by atoms with van der Waals surface area (Å²) < 4.78 is 11.0. The molecule has 3 rings (SSSR count). The first kappa shape index (κ1) is 20.1. The largest absolute Gasteiger partial charge is 0.489 e. The molecule has 0 spiro atoms. The zero-order chi connectivity index (χ0) is 20.5. The molecule has 0 radical (unpaired) electrons. The molecule has 5 nitrogen and oxygen atoms in total. The number of rotatable bonds is 8. The molecular weight excluding hydrogens is 366 g/mol. The lowest BCUT2D eigenvalue weighted by atomic mass is 10.1. The average Bonchev–Trinajstić information content (AvgIpc) is 2.74. The van der Waals surface area contributed by atoms with Gasteiger partial charge in [0, 0.05) is 5.69 Å². The number of nitrogens with one attached hydrogen (secondary N) is 1. The van der Waals surface area contributed by atoms with Gasteiger partial charge >= 0.3 is 5.97 Å². The second-order valence-electron chi connectivity index (χ2n) is 6.58. The van der Waals surface area contributed by atoms with E-state index >= 15 is 0 Å². The van der Waals surface area contributed by atoms with Gasteiger partial charge in [-0.2, -0.15) is 0 Å². The Kier molecular flexibility index (Phi) is 7.00. The third-order valence-corrected chi connectivity index (χ3v) is 4.24. The monoisotopic (exact) mass is 389 g/mol. The second-order valence-corrected chi connectivity index (χ2v) is 6.58. The number of hydrogen-bond acceptors (Lipinski definition) is 4. The van der Waals surface area contributed by atoms with Crippen molar-refractivity contribution in [3.05, 3.63) is 96.1 Å². The van der Waals surface area contributed by atoms with Crippen LogP contribution >= 0.6 is 0 Å². The molecule has 0 fully saturated rings. The molecule has 0 heterocycles. The summed E-state index contributed by atoms with van der Waals surface area (Å²) in [7, 11) is 0. The van der Waals surface area contributed by atoms with Crippen molar-refractivity contribution < 1.29 is 19.1 Å². The summed E-state index contributed by atoms with van der Waals surface area (Å²) >= 11 is 0. The van der Waals surface area contributed by atoms with Gasteiger partial charge in [0.05, 0.1) is 6.42 Å². The Labute approximate surface area is 170 Å². The second kappa shape index (κ2) is 10.1. The van der Waals surface area contributed by atoms with Crippen LogP contribution in [0.3, 0.4) is 0 Å². The Balaban J connectivity index is 1.46. The van der Waals surface area contributed by atoms with Crippen molar-refractivity contribution in [2.24, 2.45) is 0 Å². The van der Waals surface area contributed by atoms with Crippen LogP contribution in [0.1, 0.15) is 18.1 Å². The van der Waals surface area contributed by atoms with E-state index in [1.165, 1.54) is 0 Å². The van der Waals surface area contributed by atoms with Crippen molar-refractivity contribution in [2.75, 3.05) is 5.32 Å². The fraction of sp³-hybridized carbons (Fsp3) is 0.167. The van der Waals surface area contributed by atoms with E-state index in [9.17, 15) is 9.59 Å². The summed E-state index contributed by atoms with van der Waals surface area (Å²) in [6.07, 6.45) is -0.758. The molecule has 0 aliphatic heterocycles. The molecule has 3 aromatic carbocycles. The van der Waals surface area contributed by atoms with Gasteiger partial charge in [-0.1, -0.05) is 60.7 Å². The van der Waals surface area contributed by atoms with Gasteiger partial charge in [-0.05, 0) is 42.3 Å². The third-order valence-electron chi connectivity index (χ3n) is 4.24. The molecular formula is C24H23NO4. The lowest BCUT2D eigenvalue weighted by molar-refractivity contribution is -0.152. The maximum atomic E-state index is 12.3. The van der Waals surface area contributed by atoms with Gasteiger partial charge in [0.2, 0.25) is 0 Å². The van der Waals surface area contributed by atoms with E-state index in [1.807, 2.05) is 60.7 Å². The SMILES string of the molecule is C[C@@H](OC(=O)Cc1ccccc1)C(=O)Nc1ccc(OCc2ccccc2)cc1. The Hall–Kier alpha value is -3.60. The molecule has 1 amide bonds. The molecule has 0 aromatic heterocycles. The first-order valence-corrected chi connectivity index (χ1v) is 9.41. The molecule has 5 heteroatoms. The van der Waals surface area contributed by atoms with Crippen molar-refractivity contribution in [2.45, 2.75) is 26.1 Å². The summed E-state index contributed by atoms with van der Waals surface area (Å²) in [4.78, 5) is 24.3. The van der Waals surface area contributed by atoms with Crippen LogP contribution in [0, 0.1) is 0 Å². The van der Waals surface area contributed by atoms with E-state index in [2.05, 4.69) is 5.32 Å². The molecule has 1 N–H and O–H groups in total. The molecule has 1 atom stereocenters. The zero-order valence-corrected chi connectivity index (χ0v) is 16.2. The molecule has 0 saturated carbocycles. The highest BCUT2D eigenvalue weighted by molar-refractivity contribution is 5.95. The topological polar surface area (TPSA) is 64.6 Å². The van der Waals surface area contributed by atoms with E-state index in [0.29, 0.717) is 18.0 Å². The molecule has 29 heavy (non-hydrogen) atoms. The molecule has 0 saturated heterocycles. The molecule has 0 unspecified atom stereocenters. The van der Waals surface area contributed by atoms with Gasteiger partial charge in [0.15, 0.2) is 6.10 Å². The molecule has 148 valence electrons. The van der Waals surface area contributed by atoms with Crippen LogP contribution in [0.25, 0.3) is 0 Å². The Morgan fingerprint density at radius 3 is 2.03 bits per heavy atom. The highest BCUT2D eigenvalue weighted by Gasteiger charge is 2.18. The summed E-state index contributed by atoms with van der Waals surface area (Å²) in [5.41, 5.74) is 2.53. The number of amides is 1. The van der Waals surface area contributed by atoms with E-state index in [1.54, 1.807) is 31.2 Å². The summed E-state index contributed by atoms with van der Waals surface area (Å²) in [5, 5.41) is 2.74. The number of esters is 1. The zero-order valence-electron chi connectivity index (χ0n) is 16.2. The van der Waals surface area contributed by atoms with Crippen LogP contribution in [0.15, 0.2) is 84.9 Å². The van der Waals surface area contributed by atoms with Gasteiger partial charge in [0.1, 0.15) is 12.4 Å². The molecule has 0 aliphatic rings.